The summed E-state index contributed by atoms with van der Waals surface area (Å²) in [6.07, 6.45) is 1.18. The van der Waals surface area contributed by atoms with E-state index in [1.807, 2.05) is 0 Å². The fourth-order valence-corrected chi connectivity index (χ4v) is 1.39. The molecule has 1 aliphatic heterocycles. The van der Waals surface area contributed by atoms with Crippen LogP contribution in [-0.4, -0.2) is 12.1 Å². The molecule has 0 bridgehead atoms. The van der Waals surface area contributed by atoms with Gasteiger partial charge in [0.05, 0.1) is 0 Å². The second-order valence-corrected chi connectivity index (χ2v) is 3.25. The summed E-state index contributed by atoms with van der Waals surface area (Å²) in [6, 6.07) is 12.1. The number of hydrogen-bond acceptors (Lipinski definition) is 1. The Kier molecular flexibility index (Phi) is 1.66. The standard InChI is InChI=1S/C10H13N/c1-8-10(11-8)7-9-5-3-2-4-6-9/h2-6,8,10-11H,7H2,1H3/t8-,10-/m1/s1. The molecule has 11 heavy (non-hydrogen) atoms. The molecule has 0 saturated carbocycles. The van der Waals surface area contributed by atoms with Crippen LogP contribution in [0.2, 0.25) is 0 Å². The highest BCUT2D eigenvalue weighted by molar-refractivity contribution is 5.18. The molecule has 1 aromatic carbocycles. The largest absolute Gasteiger partial charge is 0.308 e. The van der Waals surface area contributed by atoms with E-state index in [-0.39, 0.29) is 0 Å². The van der Waals surface area contributed by atoms with Crippen molar-refractivity contribution in [3.05, 3.63) is 35.9 Å². The van der Waals surface area contributed by atoms with Gasteiger partial charge in [-0.2, -0.15) is 0 Å². The third kappa shape index (κ3) is 1.60. The maximum absolute atomic E-state index is 3.38. The summed E-state index contributed by atoms with van der Waals surface area (Å²) in [5, 5.41) is 3.38. The lowest BCUT2D eigenvalue weighted by Crippen LogP contribution is -1.96. The predicted molar refractivity (Wildman–Crippen MR) is 46.5 cm³/mol. The molecule has 1 fully saturated rings. The highest BCUT2D eigenvalue weighted by Crippen LogP contribution is 2.15. The van der Waals surface area contributed by atoms with Gasteiger partial charge in [-0.1, -0.05) is 30.3 Å². The second kappa shape index (κ2) is 2.67. The highest BCUT2D eigenvalue weighted by atomic mass is 15.1. The van der Waals surface area contributed by atoms with Crippen LogP contribution in [-0.2, 0) is 6.42 Å². The van der Waals surface area contributed by atoms with Gasteiger partial charge < -0.3 is 5.32 Å². The van der Waals surface area contributed by atoms with E-state index < -0.39 is 0 Å². The van der Waals surface area contributed by atoms with E-state index in [0.29, 0.717) is 0 Å². The van der Waals surface area contributed by atoms with E-state index in [0.717, 1.165) is 12.1 Å². The molecule has 2 rings (SSSR count). The van der Waals surface area contributed by atoms with Crippen molar-refractivity contribution >= 4 is 0 Å². The van der Waals surface area contributed by atoms with Gasteiger partial charge in [0.2, 0.25) is 0 Å². The number of nitrogens with one attached hydrogen (secondary N) is 1. The summed E-state index contributed by atoms with van der Waals surface area (Å²) < 4.78 is 0. The molecular formula is C10H13N. The summed E-state index contributed by atoms with van der Waals surface area (Å²) in [4.78, 5) is 0. The lowest BCUT2D eigenvalue weighted by Gasteiger charge is -1.95. The Labute approximate surface area is 67.4 Å². The molecule has 0 amide bonds. The minimum Gasteiger partial charge on any atom is -0.308 e. The van der Waals surface area contributed by atoms with Crippen LogP contribution in [0.5, 0.6) is 0 Å². The molecule has 0 aromatic heterocycles. The highest BCUT2D eigenvalue weighted by Gasteiger charge is 2.30. The first-order chi connectivity index (χ1) is 5.36. The quantitative estimate of drug-likeness (QED) is 0.630. The molecule has 0 radical (unpaired) electrons. The van der Waals surface area contributed by atoms with Crippen LogP contribution in [0.1, 0.15) is 12.5 Å². The monoisotopic (exact) mass is 147 g/mol. The first-order valence-corrected chi connectivity index (χ1v) is 4.16. The summed E-state index contributed by atoms with van der Waals surface area (Å²) in [5.41, 5.74) is 1.44. The van der Waals surface area contributed by atoms with Crippen molar-refractivity contribution in [2.24, 2.45) is 0 Å². The van der Waals surface area contributed by atoms with Gasteiger partial charge in [0.25, 0.3) is 0 Å². The molecule has 2 atom stereocenters. The van der Waals surface area contributed by atoms with E-state index in [9.17, 15) is 0 Å². The van der Waals surface area contributed by atoms with Crippen molar-refractivity contribution in [3.63, 3.8) is 0 Å². The third-order valence-corrected chi connectivity index (χ3v) is 2.27. The number of benzene rings is 1. The molecule has 1 heterocycles. The molecule has 1 N–H and O–H groups in total. The van der Waals surface area contributed by atoms with Crippen LogP contribution in [0, 0.1) is 0 Å². The van der Waals surface area contributed by atoms with Crippen LogP contribution in [0.3, 0.4) is 0 Å². The number of rotatable bonds is 2. The van der Waals surface area contributed by atoms with Crippen molar-refractivity contribution < 1.29 is 0 Å². The average molecular weight is 147 g/mol. The maximum atomic E-state index is 3.38. The Hall–Kier alpha value is -0.820. The molecule has 1 nitrogen and oxygen atoms in total. The van der Waals surface area contributed by atoms with Gasteiger partial charge in [0.1, 0.15) is 0 Å². The third-order valence-electron chi connectivity index (χ3n) is 2.27. The Morgan fingerprint density at radius 2 is 1.91 bits per heavy atom. The van der Waals surface area contributed by atoms with E-state index >= 15 is 0 Å². The second-order valence-electron chi connectivity index (χ2n) is 3.25. The molecule has 1 heteroatoms. The van der Waals surface area contributed by atoms with Crippen molar-refractivity contribution in [2.45, 2.75) is 25.4 Å². The molecular weight excluding hydrogens is 134 g/mol. The number of hydrogen-bond donors (Lipinski definition) is 1. The molecule has 1 aliphatic rings. The fraction of sp³-hybridized carbons (Fsp3) is 0.400. The van der Waals surface area contributed by atoms with E-state index in [1.165, 1.54) is 12.0 Å². The van der Waals surface area contributed by atoms with Crippen LogP contribution >= 0.6 is 0 Å². The van der Waals surface area contributed by atoms with Gasteiger partial charge in [-0.15, -0.1) is 0 Å². The zero-order valence-corrected chi connectivity index (χ0v) is 6.75. The van der Waals surface area contributed by atoms with Gasteiger partial charge in [0.15, 0.2) is 0 Å². The zero-order chi connectivity index (χ0) is 7.68. The van der Waals surface area contributed by atoms with Crippen molar-refractivity contribution in [1.82, 2.24) is 5.32 Å². The first kappa shape index (κ1) is 6.86. The fourth-order valence-electron chi connectivity index (χ4n) is 1.39. The smallest absolute Gasteiger partial charge is 0.0262 e. The predicted octanol–water partition coefficient (Wildman–Crippen LogP) is 1.59. The molecule has 58 valence electrons. The Morgan fingerprint density at radius 3 is 2.45 bits per heavy atom. The molecule has 1 saturated heterocycles. The van der Waals surface area contributed by atoms with Crippen molar-refractivity contribution in [1.29, 1.82) is 0 Å². The molecule has 0 aliphatic carbocycles. The summed E-state index contributed by atoms with van der Waals surface area (Å²) in [7, 11) is 0. The Balaban J connectivity index is 1.97. The molecule has 1 aromatic rings. The van der Waals surface area contributed by atoms with Crippen molar-refractivity contribution in [2.75, 3.05) is 0 Å². The van der Waals surface area contributed by atoms with Crippen LogP contribution in [0.25, 0.3) is 0 Å². The zero-order valence-electron chi connectivity index (χ0n) is 6.75. The van der Waals surface area contributed by atoms with Crippen LogP contribution in [0.15, 0.2) is 30.3 Å². The van der Waals surface area contributed by atoms with Gasteiger partial charge in [0, 0.05) is 12.1 Å². The van der Waals surface area contributed by atoms with Gasteiger partial charge in [-0.05, 0) is 18.9 Å². The first-order valence-electron chi connectivity index (χ1n) is 4.16. The molecule has 0 unspecified atom stereocenters. The van der Waals surface area contributed by atoms with E-state index in [1.54, 1.807) is 0 Å². The Bertz CT molecular complexity index is 230. The lowest BCUT2D eigenvalue weighted by molar-refractivity contribution is 0.905. The van der Waals surface area contributed by atoms with Gasteiger partial charge >= 0.3 is 0 Å². The van der Waals surface area contributed by atoms with Crippen molar-refractivity contribution in [3.8, 4) is 0 Å². The summed E-state index contributed by atoms with van der Waals surface area (Å²) in [5.74, 6) is 0. The average Bonchev–Trinajstić information content (AvgIpc) is 2.69. The summed E-state index contributed by atoms with van der Waals surface area (Å²) in [6.45, 7) is 2.23. The topological polar surface area (TPSA) is 21.9 Å². The normalized spacial score (nSPS) is 28.5. The van der Waals surface area contributed by atoms with Gasteiger partial charge in [-0.25, -0.2) is 0 Å². The minimum absolute atomic E-state index is 0.732. The Morgan fingerprint density at radius 1 is 1.27 bits per heavy atom. The van der Waals surface area contributed by atoms with Gasteiger partial charge in [-0.3, -0.25) is 0 Å². The lowest BCUT2D eigenvalue weighted by atomic mass is 10.1. The molecule has 0 spiro atoms. The van der Waals surface area contributed by atoms with E-state index in [2.05, 4.69) is 42.6 Å². The minimum atomic E-state index is 0.732. The van der Waals surface area contributed by atoms with Crippen LogP contribution < -0.4 is 5.32 Å². The SMILES string of the molecule is C[C@H]1N[C@@H]1Cc1ccccc1. The van der Waals surface area contributed by atoms with E-state index in [4.69, 9.17) is 0 Å². The maximum Gasteiger partial charge on any atom is 0.0262 e. The summed E-state index contributed by atoms with van der Waals surface area (Å²) >= 11 is 0. The van der Waals surface area contributed by atoms with Crippen LogP contribution in [0.4, 0.5) is 0 Å².